The Morgan fingerprint density at radius 3 is 2.36 bits per heavy atom. The highest BCUT2D eigenvalue weighted by atomic mass is 32.2. The van der Waals surface area contributed by atoms with Crippen LogP contribution in [-0.2, 0) is 19.6 Å². The van der Waals surface area contributed by atoms with Gasteiger partial charge in [-0.3, -0.25) is 9.59 Å². The molecule has 1 N–H and O–H groups in total. The minimum atomic E-state index is -3.83. The molecule has 7 nitrogen and oxygen atoms in total. The van der Waals surface area contributed by atoms with E-state index in [0.29, 0.717) is 18.8 Å². The third-order valence-corrected chi connectivity index (χ3v) is 5.74. The molecule has 136 valence electrons. The Bertz CT molecular complexity index is 738. The molecule has 0 aromatic heterocycles. The molecule has 2 amide bonds. The number of likely N-dealkylation sites (tertiary alicyclic amines) is 1. The standard InChI is InChI=1S/C17H23N3O4S/c1-3-10-20(13-17(22)19-11-4-5-12-19)25(23,24)16-8-6-15(7-9-16)18-14(2)21/h3,6-9H,1,4-5,10-13H2,2H3,(H,18,21). The highest BCUT2D eigenvalue weighted by molar-refractivity contribution is 7.89. The first-order chi connectivity index (χ1) is 11.8. The van der Waals surface area contributed by atoms with Gasteiger partial charge in [0.15, 0.2) is 0 Å². The van der Waals surface area contributed by atoms with Gasteiger partial charge in [0.25, 0.3) is 0 Å². The van der Waals surface area contributed by atoms with Crippen molar-refractivity contribution < 1.29 is 18.0 Å². The summed E-state index contributed by atoms with van der Waals surface area (Å²) < 4.78 is 26.8. The van der Waals surface area contributed by atoms with Crippen LogP contribution in [-0.4, -0.2) is 55.6 Å². The van der Waals surface area contributed by atoms with E-state index in [-0.39, 0.29) is 29.8 Å². The number of carbonyl (C=O) groups excluding carboxylic acids is 2. The van der Waals surface area contributed by atoms with Gasteiger partial charge < -0.3 is 10.2 Å². The lowest BCUT2D eigenvalue weighted by molar-refractivity contribution is -0.130. The number of nitrogens with zero attached hydrogens (tertiary/aromatic N) is 2. The van der Waals surface area contributed by atoms with Crippen molar-refractivity contribution in [3.05, 3.63) is 36.9 Å². The summed E-state index contributed by atoms with van der Waals surface area (Å²) in [6, 6.07) is 5.86. The molecule has 0 unspecified atom stereocenters. The highest BCUT2D eigenvalue weighted by Crippen LogP contribution is 2.19. The lowest BCUT2D eigenvalue weighted by Gasteiger charge is -2.23. The number of benzene rings is 1. The molecule has 8 heteroatoms. The molecule has 1 aliphatic heterocycles. The number of amides is 2. The van der Waals surface area contributed by atoms with E-state index in [1.807, 2.05) is 0 Å². The molecule has 1 saturated heterocycles. The summed E-state index contributed by atoms with van der Waals surface area (Å²) >= 11 is 0. The van der Waals surface area contributed by atoms with Gasteiger partial charge in [-0.05, 0) is 37.1 Å². The molecule has 0 saturated carbocycles. The van der Waals surface area contributed by atoms with Gasteiger partial charge in [0.1, 0.15) is 0 Å². The van der Waals surface area contributed by atoms with Crippen LogP contribution in [0, 0.1) is 0 Å². The summed E-state index contributed by atoms with van der Waals surface area (Å²) in [5.41, 5.74) is 0.509. The number of hydrogen-bond acceptors (Lipinski definition) is 4. The van der Waals surface area contributed by atoms with Crippen LogP contribution in [0.5, 0.6) is 0 Å². The molecular formula is C17H23N3O4S. The van der Waals surface area contributed by atoms with Crippen molar-refractivity contribution >= 4 is 27.5 Å². The quantitative estimate of drug-likeness (QED) is 0.741. The van der Waals surface area contributed by atoms with Crippen LogP contribution in [0.15, 0.2) is 41.8 Å². The van der Waals surface area contributed by atoms with Crippen LogP contribution in [0.3, 0.4) is 0 Å². The van der Waals surface area contributed by atoms with E-state index in [2.05, 4.69) is 11.9 Å². The molecule has 0 spiro atoms. The van der Waals surface area contributed by atoms with Gasteiger partial charge in [-0.25, -0.2) is 8.42 Å². The molecule has 2 rings (SSSR count). The minimum absolute atomic E-state index is 0.0510. The molecular weight excluding hydrogens is 342 g/mol. The average molecular weight is 365 g/mol. The number of hydrogen-bond donors (Lipinski definition) is 1. The summed E-state index contributed by atoms with van der Waals surface area (Å²) in [5, 5.41) is 2.58. The largest absolute Gasteiger partial charge is 0.342 e. The molecule has 1 aromatic carbocycles. The zero-order valence-electron chi connectivity index (χ0n) is 14.3. The maximum absolute atomic E-state index is 12.8. The SMILES string of the molecule is C=CCN(CC(=O)N1CCCC1)S(=O)(=O)c1ccc(NC(C)=O)cc1. The van der Waals surface area contributed by atoms with Crippen molar-refractivity contribution in [1.29, 1.82) is 0 Å². The third-order valence-electron chi connectivity index (χ3n) is 3.92. The molecule has 1 fully saturated rings. The second kappa shape index (κ2) is 8.26. The fourth-order valence-electron chi connectivity index (χ4n) is 2.67. The summed E-state index contributed by atoms with van der Waals surface area (Å²) in [6.07, 6.45) is 3.36. The van der Waals surface area contributed by atoms with E-state index >= 15 is 0 Å². The minimum Gasteiger partial charge on any atom is -0.342 e. The molecule has 1 aromatic rings. The van der Waals surface area contributed by atoms with Gasteiger partial charge in [-0.1, -0.05) is 6.08 Å². The molecule has 0 radical (unpaired) electrons. The fourth-order valence-corrected chi connectivity index (χ4v) is 4.03. The smallest absolute Gasteiger partial charge is 0.243 e. The Labute approximate surface area is 148 Å². The van der Waals surface area contributed by atoms with Crippen molar-refractivity contribution in [3.63, 3.8) is 0 Å². The van der Waals surface area contributed by atoms with Gasteiger partial charge in [0.2, 0.25) is 21.8 Å². The zero-order valence-corrected chi connectivity index (χ0v) is 15.1. The second-order valence-corrected chi connectivity index (χ2v) is 7.82. The molecule has 1 heterocycles. The third kappa shape index (κ3) is 4.90. The Balaban J connectivity index is 2.18. The number of nitrogens with one attached hydrogen (secondary N) is 1. The highest BCUT2D eigenvalue weighted by Gasteiger charge is 2.28. The topological polar surface area (TPSA) is 86.8 Å². The first kappa shape index (κ1) is 19.1. The van der Waals surface area contributed by atoms with Crippen LogP contribution in [0.25, 0.3) is 0 Å². The molecule has 1 aliphatic rings. The van der Waals surface area contributed by atoms with Crippen LogP contribution in [0.4, 0.5) is 5.69 Å². The molecule has 0 atom stereocenters. The van der Waals surface area contributed by atoms with Crippen molar-refractivity contribution in [1.82, 2.24) is 9.21 Å². The molecule has 0 aliphatic carbocycles. The zero-order chi connectivity index (χ0) is 18.4. The fraction of sp³-hybridized carbons (Fsp3) is 0.412. The maximum Gasteiger partial charge on any atom is 0.243 e. The van der Waals surface area contributed by atoms with Crippen molar-refractivity contribution in [3.8, 4) is 0 Å². The van der Waals surface area contributed by atoms with Gasteiger partial charge >= 0.3 is 0 Å². The maximum atomic E-state index is 12.8. The Morgan fingerprint density at radius 1 is 1.24 bits per heavy atom. The van der Waals surface area contributed by atoms with E-state index in [4.69, 9.17) is 0 Å². The Morgan fingerprint density at radius 2 is 1.84 bits per heavy atom. The average Bonchev–Trinajstić information content (AvgIpc) is 3.09. The number of sulfonamides is 1. The van der Waals surface area contributed by atoms with Gasteiger partial charge in [-0.2, -0.15) is 4.31 Å². The van der Waals surface area contributed by atoms with E-state index in [0.717, 1.165) is 17.1 Å². The lowest BCUT2D eigenvalue weighted by Crippen LogP contribution is -2.41. The predicted octanol–water partition coefficient (Wildman–Crippen LogP) is 1.44. The molecule has 25 heavy (non-hydrogen) atoms. The Hall–Kier alpha value is -2.19. The van der Waals surface area contributed by atoms with Crippen LogP contribution >= 0.6 is 0 Å². The van der Waals surface area contributed by atoms with E-state index in [9.17, 15) is 18.0 Å². The summed E-state index contributed by atoms with van der Waals surface area (Å²) in [5.74, 6) is -0.433. The normalized spacial score (nSPS) is 14.6. The van der Waals surface area contributed by atoms with E-state index < -0.39 is 10.0 Å². The number of carbonyl (C=O) groups is 2. The number of anilines is 1. The second-order valence-electron chi connectivity index (χ2n) is 5.88. The molecule has 0 bridgehead atoms. The summed E-state index contributed by atoms with van der Waals surface area (Å²) in [6.45, 7) is 6.15. The van der Waals surface area contributed by atoms with Crippen molar-refractivity contribution in [2.24, 2.45) is 0 Å². The van der Waals surface area contributed by atoms with Crippen LogP contribution in [0.1, 0.15) is 19.8 Å². The first-order valence-corrected chi connectivity index (χ1v) is 9.55. The van der Waals surface area contributed by atoms with Crippen molar-refractivity contribution in [2.45, 2.75) is 24.7 Å². The monoisotopic (exact) mass is 365 g/mol. The van der Waals surface area contributed by atoms with Crippen LogP contribution in [0.2, 0.25) is 0 Å². The first-order valence-electron chi connectivity index (χ1n) is 8.11. The van der Waals surface area contributed by atoms with Gasteiger partial charge in [0, 0.05) is 32.2 Å². The predicted molar refractivity (Wildman–Crippen MR) is 95.5 cm³/mol. The van der Waals surface area contributed by atoms with Gasteiger partial charge in [0.05, 0.1) is 11.4 Å². The van der Waals surface area contributed by atoms with Gasteiger partial charge in [-0.15, -0.1) is 6.58 Å². The Kier molecular flexibility index (Phi) is 6.33. The van der Waals surface area contributed by atoms with Crippen molar-refractivity contribution in [2.75, 3.05) is 31.5 Å². The number of rotatable bonds is 7. The van der Waals surface area contributed by atoms with E-state index in [1.165, 1.54) is 37.3 Å². The summed E-state index contributed by atoms with van der Waals surface area (Å²) in [4.78, 5) is 25.1. The van der Waals surface area contributed by atoms with Crippen LogP contribution < -0.4 is 5.32 Å². The summed E-state index contributed by atoms with van der Waals surface area (Å²) in [7, 11) is -3.83. The van der Waals surface area contributed by atoms with E-state index in [1.54, 1.807) is 4.90 Å². The lowest BCUT2D eigenvalue weighted by atomic mass is 10.3.